The molecular formula is C18H20N2O2. The van der Waals surface area contributed by atoms with Crippen LogP contribution in [0.3, 0.4) is 0 Å². The maximum atomic E-state index is 10.6. The van der Waals surface area contributed by atoms with Crippen LogP contribution in [0.5, 0.6) is 11.5 Å². The predicted octanol–water partition coefficient (Wildman–Crippen LogP) is 3.17. The summed E-state index contributed by atoms with van der Waals surface area (Å²) in [6.45, 7) is 0. The molecular weight excluding hydrogens is 276 g/mol. The number of nitrogens with zero attached hydrogens (tertiary/aromatic N) is 1. The number of hydrogen-bond acceptors (Lipinski definition) is 4. The summed E-state index contributed by atoms with van der Waals surface area (Å²) in [5.41, 5.74) is 8.11. The lowest BCUT2D eigenvalue weighted by molar-refractivity contribution is 0.0872. The second kappa shape index (κ2) is 5.30. The number of aliphatic hydroxyl groups is 1. The Morgan fingerprint density at radius 3 is 2.18 bits per heavy atom. The first-order chi connectivity index (χ1) is 10.8. The third-order valence-corrected chi connectivity index (χ3v) is 4.67. The van der Waals surface area contributed by atoms with Crippen molar-refractivity contribution in [3.63, 3.8) is 0 Å². The summed E-state index contributed by atoms with van der Waals surface area (Å²) < 4.78 is 6.01. The van der Waals surface area contributed by atoms with Gasteiger partial charge in [-0.15, -0.1) is 0 Å². The summed E-state index contributed by atoms with van der Waals surface area (Å²) in [5, 5.41) is 10.6. The lowest BCUT2D eigenvalue weighted by Crippen LogP contribution is -2.53. The van der Waals surface area contributed by atoms with Crippen LogP contribution in [0, 0.1) is 0 Å². The highest BCUT2D eigenvalue weighted by atomic mass is 16.5. The summed E-state index contributed by atoms with van der Waals surface area (Å²) in [4.78, 5) is 2.21. The Morgan fingerprint density at radius 1 is 0.955 bits per heavy atom. The zero-order valence-corrected chi connectivity index (χ0v) is 12.4. The van der Waals surface area contributed by atoms with Crippen molar-refractivity contribution in [2.75, 3.05) is 4.90 Å². The number of rotatable bonds is 1. The Bertz CT molecular complexity index is 643. The van der Waals surface area contributed by atoms with Crippen molar-refractivity contribution < 1.29 is 9.84 Å². The Labute approximate surface area is 130 Å². The second-order valence-corrected chi connectivity index (χ2v) is 6.06. The molecule has 4 rings (SSSR count). The molecule has 0 aromatic heterocycles. The van der Waals surface area contributed by atoms with Gasteiger partial charge < -0.3 is 20.5 Å². The van der Waals surface area contributed by atoms with Crippen LogP contribution >= 0.6 is 0 Å². The molecule has 0 saturated heterocycles. The molecule has 4 nitrogen and oxygen atoms in total. The van der Waals surface area contributed by atoms with Gasteiger partial charge in [-0.05, 0) is 43.5 Å². The molecule has 0 radical (unpaired) electrons. The maximum Gasteiger partial charge on any atom is 0.151 e. The molecule has 1 aliphatic heterocycles. The van der Waals surface area contributed by atoms with Gasteiger partial charge in [-0.3, -0.25) is 0 Å². The highest BCUT2D eigenvalue weighted by molar-refractivity contribution is 5.78. The van der Waals surface area contributed by atoms with Crippen molar-refractivity contribution in [3.8, 4) is 11.5 Å². The quantitative estimate of drug-likeness (QED) is 0.848. The Kier molecular flexibility index (Phi) is 3.28. The van der Waals surface area contributed by atoms with Crippen molar-refractivity contribution in [1.82, 2.24) is 0 Å². The largest absolute Gasteiger partial charge is 0.453 e. The highest BCUT2D eigenvalue weighted by Crippen LogP contribution is 2.48. The summed E-state index contributed by atoms with van der Waals surface area (Å²) in [5.74, 6) is 1.65. The van der Waals surface area contributed by atoms with Crippen molar-refractivity contribution >= 4 is 11.4 Å². The maximum absolute atomic E-state index is 10.6. The first kappa shape index (κ1) is 13.6. The zero-order chi connectivity index (χ0) is 15.1. The van der Waals surface area contributed by atoms with Crippen LogP contribution in [0.15, 0.2) is 48.5 Å². The summed E-state index contributed by atoms with van der Waals surface area (Å²) in [7, 11) is 0. The number of aliphatic hydroxyl groups excluding tert-OH is 1. The fourth-order valence-corrected chi connectivity index (χ4v) is 3.56. The Morgan fingerprint density at radius 2 is 1.55 bits per heavy atom. The number of benzene rings is 2. The normalized spacial score (nSPS) is 26.8. The van der Waals surface area contributed by atoms with E-state index in [4.69, 9.17) is 10.5 Å². The predicted molar refractivity (Wildman–Crippen MR) is 86.7 cm³/mol. The third kappa shape index (κ3) is 2.07. The number of fused-ring (bicyclic) bond motifs is 2. The van der Waals surface area contributed by atoms with E-state index < -0.39 is 6.10 Å². The number of para-hydroxylation sites is 4. The second-order valence-electron chi connectivity index (χ2n) is 6.06. The molecule has 0 spiro atoms. The molecule has 0 unspecified atom stereocenters. The van der Waals surface area contributed by atoms with E-state index in [1.807, 2.05) is 48.5 Å². The lowest BCUT2D eigenvalue weighted by Gasteiger charge is -2.44. The van der Waals surface area contributed by atoms with Crippen LogP contribution in [-0.2, 0) is 0 Å². The van der Waals surface area contributed by atoms with E-state index in [1.54, 1.807) is 0 Å². The van der Waals surface area contributed by atoms with Crippen LogP contribution in [0.25, 0.3) is 0 Å². The summed E-state index contributed by atoms with van der Waals surface area (Å²) >= 11 is 0. The smallest absolute Gasteiger partial charge is 0.151 e. The molecule has 4 heteroatoms. The van der Waals surface area contributed by atoms with E-state index in [2.05, 4.69) is 4.90 Å². The molecule has 3 N–H and O–H groups in total. The third-order valence-electron chi connectivity index (χ3n) is 4.67. The van der Waals surface area contributed by atoms with Gasteiger partial charge in [0.15, 0.2) is 11.5 Å². The van der Waals surface area contributed by atoms with Crippen molar-refractivity contribution in [3.05, 3.63) is 48.5 Å². The van der Waals surface area contributed by atoms with Gasteiger partial charge in [0.05, 0.1) is 23.5 Å². The van der Waals surface area contributed by atoms with Gasteiger partial charge in [-0.25, -0.2) is 0 Å². The fourth-order valence-electron chi connectivity index (χ4n) is 3.56. The minimum Gasteiger partial charge on any atom is -0.453 e. The molecule has 0 bridgehead atoms. The monoisotopic (exact) mass is 296 g/mol. The minimum absolute atomic E-state index is 0.0186. The zero-order valence-electron chi connectivity index (χ0n) is 12.4. The first-order valence-corrected chi connectivity index (χ1v) is 7.84. The number of hydrogen-bond donors (Lipinski definition) is 2. The van der Waals surface area contributed by atoms with Gasteiger partial charge in [0.2, 0.25) is 0 Å². The number of ether oxygens (including phenoxy) is 1. The molecule has 22 heavy (non-hydrogen) atoms. The first-order valence-electron chi connectivity index (χ1n) is 7.84. The van der Waals surface area contributed by atoms with E-state index in [0.717, 1.165) is 42.1 Å². The van der Waals surface area contributed by atoms with Gasteiger partial charge in [0.1, 0.15) is 0 Å². The van der Waals surface area contributed by atoms with E-state index in [-0.39, 0.29) is 12.1 Å². The minimum atomic E-state index is -0.534. The lowest BCUT2D eigenvalue weighted by atomic mass is 9.86. The molecule has 2 aliphatic rings. The van der Waals surface area contributed by atoms with Gasteiger partial charge in [0, 0.05) is 6.04 Å². The molecule has 1 aliphatic carbocycles. The van der Waals surface area contributed by atoms with E-state index in [0.29, 0.717) is 0 Å². The van der Waals surface area contributed by atoms with Crippen LogP contribution in [-0.4, -0.2) is 23.3 Å². The molecule has 1 heterocycles. The van der Waals surface area contributed by atoms with E-state index in [1.165, 1.54) is 0 Å². The van der Waals surface area contributed by atoms with Crippen LogP contribution in [0.1, 0.15) is 19.3 Å². The summed E-state index contributed by atoms with van der Waals surface area (Å²) in [6, 6.07) is 15.8. The standard InChI is InChI=1S/C18H20N2O2/c19-12-6-5-9-15(18(12)21)20-13-7-1-3-10-16(13)22-17-11-4-2-8-14(17)20/h1-4,7-8,10-12,15,18,21H,5-6,9,19H2/t12-,15+,18+/m0/s1. The van der Waals surface area contributed by atoms with E-state index in [9.17, 15) is 5.11 Å². The SMILES string of the molecule is N[C@H]1CCC[C@@H](N2c3ccccc3Oc3ccccc32)[C@@H]1O. The number of nitrogens with two attached hydrogens (primary N) is 1. The molecule has 1 saturated carbocycles. The van der Waals surface area contributed by atoms with Gasteiger partial charge in [-0.2, -0.15) is 0 Å². The fraction of sp³-hybridized carbons (Fsp3) is 0.333. The average molecular weight is 296 g/mol. The molecule has 1 fully saturated rings. The Balaban J connectivity index is 1.84. The number of anilines is 2. The van der Waals surface area contributed by atoms with Crippen molar-refractivity contribution in [2.24, 2.45) is 5.73 Å². The molecule has 2 aromatic carbocycles. The van der Waals surface area contributed by atoms with Crippen molar-refractivity contribution in [2.45, 2.75) is 37.5 Å². The average Bonchev–Trinajstić information content (AvgIpc) is 2.55. The van der Waals surface area contributed by atoms with Gasteiger partial charge in [-0.1, -0.05) is 24.3 Å². The highest BCUT2D eigenvalue weighted by Gasteiger charge is 2.38. The Hall–Kier alpha value is -2.04. The topological polar surface area (TPSA) is 58.7 Å². The van der Waals surface area contributed by atoms with Crippen LogP contribution in [0.4, 0.5) is 11.4 Å². The molecule has 2 aromatic rings. The van der Waals surface area contributed by atoms with Gasteiger partial charge in [0.25, 0.3) is 0 Å². The summed E-state index contributed by atoms with van der Waals surface area (Å²) in [6.07, 6.45) is 2.31. The molecule has 114 valence electrons. The van der Waals surface area contributed by atoms with Crippen molar-refractivity contribution in [1.29, 1.82) is 0 Å². The van der Waals surface area contributed by atoms with E-state index >= 15 is 0 Å². The van der Waals surface area contributed by atoms with Crippen LogP contribution in [0.2, 0.25) is 0 Å². The molecule has 3 atom stereocenters. The van der Waals surface area contributed by atoms with Gasteiger partial charge >= 0.3 is 0 Å². The molecule has 0 amide bonds. The van der Waals surface area contributed by atoms with Crippen LogP contribution < -0.4 is 15.4 Å².